The van der Waals surface area contributed by atoms with Crippen LogP contribution in [0.3, 0.4) is 0 Å². The number of pyridine rings is 2. The Bertz CT molecular complexity index is 1510. The van der Waals surface area contributed by atoms with Gasteiger partial charge in [-0.05, 0) is 53.6 Å². The van der Waals surface area contributed by atoms with Crippen LogP contribution < -0.4 is 4.90 Å². The van der Waals surface area contributed by atoms with E-state index in [4.69, 9.17) is 4.74 Å². The number of alkyl halides is 3. The van der Waals surface area contributed by atoms with Gasteiger partial charge in [-0.15, -0.1) is 10.2 Å². The van der Waals surface area contributed by atoms with Crippen LogP contribution >= 0.6 is 0 Å². The number of hydrogen-bond acceptors (Lipinski definition) is 7. The summed E-state index contributed by atoms with van der Waals surface area (Å²) in [6.07, 6.45) is 1.99. The van der Waals surface area contributed by atoms with Crippen molar-refractivity contribution in [1.82, 2.24) is 29.6 Å². The quantitative estimate of drug-likeness (QED) is 0.353. The fraction of sp³-hybridized carbons (Fsp3) is 0.429. The molecule has 39 heavy (non-hydrogen) atoms. The van der Waals surface area contributed by atoms with Crippen molar-refractivity contribution >= 4 is 16.6 Å². The topological polar surface area (TPSA) is 75.5 Å². The fourth-order valence-electron chi connectivity index (χ4n) is 6.33. The van der Waals surface area contributed by atoms with Crippen LogP contribution in [-0.4, -0.2) is 61.6 Å². The summed E-state index contributed by atoms with van der Waals surface area (Å²) in [5, 5.41) is 8.34. The van der Waals surface area contributed by atoms with Gasteiger partial charge in [0.1, 0.15) is 18.2 Å². The van der Waals surface area contributed by atoms with Crippen LogP contribution in [0.15, 0.2) is 55.0 Å². The lowest BCUT2D eigenvalue weighted by Crippen LogP contribution is -2.43. The van der Waals surface area contributed by atoms with Crippen molar-refractivity contribution in [3.8, 4) is 11.1 Å². The molecule has 202 valence electrons. The molecule has 7 rings (SSSR count). The van der Waals surface area contributed by atoms with Crippen LogP contribution in [0.2, 0.25) is 0 Å². The molecule has 2 saturated heterocycles. The third kappa shape index (κ3) is 4.43. The van der Waals surface area contributed by atoms with Crippen LogP contribution in [-0.2, 0) is 24.0 Å². The molecule has 0 amide bonds. The van der Waals surface area contributed by atoms with Crippen molar-refractivity contribution in [2.75, 3.05) is 24.5 Å². The molecule has 0 N–H and O–H groups in total. The number of ether oxygens (including phenoxy) is 1. The molecular weight excluding hydrogens is 507 g/mol. The van der Waals surface area contributed by atoms with Crippen molar-refractivity contribution in [1.29, 1.82) is 0 Å². The van der Waals surface area contributed by atoms with E-state index in [2.05, 4.69) is 61.2 Å². The maximum atomic E-state index is 13.2. The van der Waals surface area contributed by atoms with Gasteiger partial charge in [0.05, 0.1) is 12.1 Å². The minimum atomic E-state index is -4.49. The zero-order valence-corrected chi connectivity index (χ0v) is 21.4. The first-order valence-electron chi connectivity index (χ1n) is 13.3. The molecule has 0 radical (unpaired) electrons. The standard InChI is InChI=1S/C28H28F3N7O/c1-17-15-36(23-6-10-33-22-14-19(2-3-21(22)23)18-4-8-32-9-5-18)11-7-20(17)25-26(39-25)37-12-13-38-24(16-37)34-35-27(38)28(29,30)31/h2-6,8-10,14,17,20,25-26H,7,11-13,15-16H2,1H3/t17-,20+,25?,26?/m1/s1. The number of halogens is 3. The predicted octanol–water partition coefficient (Wildman–Crippen LogP) is 4.61. The summed E-state index contributed by atoms with van der Waals surface area (Å²) >= 11 is 0. The number of fused-ring (bicyclic) bond motifs is 2. The summed E-state index contributed by atoms with van der Waals surface area (Å²) in [6, 6.07) is 12.5. The van der Waals surface area contributed by atoms with E-state index in [1.54, 1.807) is 12.4 Å². The van der Waals surface area contributed by atoms with Gasteiger partial charge in [0.2, 0.25) is 5.82 Å². The van der Waals surface area contributed by atoms with E-state index in [0.717, 1.165) is 41.5 Å². The van der Waals surface area contributed by atoms with Crippen LogP contribution in [0.4, 0.5) is 18.9 Å². The number of hydrogen-bond donors (Lipinski definition) is 0. The van der Waals surface area contributed by atoms with Gasteiger partial charge in [-0.1, -0.05) is 19.1 Å². The van der Waals surface area contributed by atoms with Gasteiger partial charge >= 0.3 is 6.18 Å². The van der Waals surface area contributed by atoms with Gasteiger partial charge in [-0.25, -0.2) is 0 Å². The third-order valence-electron chi connectivity index (χ3n) is 8.36. The Kier molecular flexibility index (Phi) is 5.82. The summed E-state index contributed by atoms with van der Waals surface area (Å²) in [5.41, 5.74) is 4.39. The molecule has 3 aromatic heterocycles. The van der Waals surface area contributed by atoms with Gasteiger partial charge in [0.25, 0.3) is 0 Å². The lowest BCUT2D eigenvalue weighted by atomic mass is 9.83. The molecule has 0 aliphatic carbocycles. The molecule has 2 unspecified atom stereocenters. The van der Waals surface area contributed by atoms with Crippen LogP contribution in [0.25, 0.3) is 22.0 Å². The highest BCUT2D eigenvalue weighted by molar-refractivity contribution is 5.94. The molecule has 6 heterocycles. The molecular formula is C28H28F3N7O. The molecule has 4 aromatic rings. The highest BCUT2D eigenvalue weighted by Gasteiger charge is 2.52. The Balaban J connectivity index is 1.02. The molecule has 0 saturated carbocycles. The number of benzene rings is 1. The molecule has 8 nitrogen and oxygen atoms in total. The molecule has 3 aliphatic rings. The smallest absolute Gasteiger partial charge is 0.371 e. The molecule has 0 spiro atoms. The first kappa shape index (κ1) is 24.5. The van der Waals surface area contributed by atoms with E-state index in [1.807, 2.05) is 18.3 Å². The lowest BCUT2D eigenvalue weighted by molar-refractivity contribution is -0.148. The van der Waals surface area contributed by atoms with Gasteiger partial charge in [-0.2, -0.15) is 13.2 Å². The van der Waals surface area contributed by atoms with E-state index in [9.17, 15) is 13.2 Å². The SMILES string of the molecule is C[C@@H]1CN(c2ccnc3cc(-c4ccncc4)ccc23)CC[C@@H]1C1OC1N1CCn2c(nnc2C(F)(F)F)C1. The Hall–Kier alpha value is -3.57. The van der Waals surface area contributed by atoms with Gasteiger partial charge in [-0.3, -0.25) is 14.9 Å². The second-order valence-corrected chi connectivity index (χ2v) is 10.7. The van der Waals surface area contributed by atoms with Crippen LogP contribution in [0.5, 0.6) is 0 Å². The highest BCUT2D eigenvalue weighted by atomic mass is 19.4. The largest absolute Gasteiger partial charge is 0.451 e. The zero-order chi connectivity index (χ0) is 26.7. The lowest BCUT2D eigenvalue weighted by Gasteiger charge is -2.38. The monoisotopic (exact) mass is 535 g/mol. The van der Waals surface area contributed by atoms with Crippen molar-refractivity contribution in [2.24, 2.45) is 11.8 Å². The Morgan fingerprint density at radius 1 is 0.949 bits per heavy atom. The maximum absolute atomic E-state index is 13.2. The molecule has 4 atom stereocenters. The molecule has 1 aromatic carbocycles. The molecule has 2 fully saturated rings. The van der Waals surface area contributed by atoms with Crippen LogP contribution in [0.1, 0.15) is 25.0 Å². The van der Waals surface area contributed by atoms with Crippen molar-refractivity contribution in [3.63, 3.8) is 0 Å². The van der Waals surface area contributed by atoms with E-state index in [0.29, 0.717) is 30.7 Å². The van der Waals surface area contributed by atoms with E-state index < -0.39 is 12.0 Å². The van der Waals surface area contributed by atoms with E-state index >= 15 is 0 Å². The average molecular weight is 536 g/mol. The Morgan fingerprint density at radius 2 is 1.79 bits per heavy atom. The summed E-state index contributed by atoms with van der Waals surface area (Å²) < 4.78 is 46.9. The third-order valence-corrected chi connectivity index (χ3v) is 8.36. The number of nitrogens with zero attached hydrogens (tertiary/aromatic N) is 7. The number of piperidine rings is 1. The van der Waals surface area contributed by atoms with E-state index in [-0.39, 0.29) is 18.9 Å². The summed E-state index contributed by atoms with van der Waals surface area (Å²) in [7, 11) is 0. The highest BCUT2D eigenvalue weighted by Crippen LogP contribution is 2.43. The molecule has 11 heteroatoms. The Morgan fingerprint density at radius 3 is 2.59 bits per heavy atom. The first-order chi connectivity index (χ1) is 18.9. The maximum Gasteiger partial charge on any atom is 0.451 e. The number of rotatable bonds is 4. The van der Waals surface area contributed by atoms with Crippen molar-refractivity contribution in [3.05, 3.63) is 66.6 Å². The Labute approximate surface area is 223 Å². The summed E-state index contributed by atoms with van der Waals surface area (Å²) in [4.78, 5) is 13.3. The first-order valence-corrected chi connectivity index (χ1v) is 13.3. The summed E-state index contributed by atoms with van der Waals surface area (Å²) in [5.74, 6) is 0.229. The van der Waals surface area contributed by atoms with Crippen molar-refractivity contribution in [2.45, 2.75) is 44.9 Å². The summed E-state index contributed by atoms with van der Waals surface area (Å²) in [6.45, 7) is 5.12. The van der Waals surface area contributed by atoms with Crippen LogP contribution in [0, 0.1) is 11.8 Å². The van der Waals surface area contributed by atoms with Crippen molar-refractivity contribution < 1.29 is 17.9 Å². The average Bonchev–Trinajstić information content (AvgIpc) is 3.61. The van der Waals surface area contributed by atoms with Gasteiger partial charge in [0.15, 0.2) is 0 Å². The minimum Gasteiger partial charge on any atom is -0.371 e. The van der Waals surface area contributed by atoms with Gasteiger partial charge in [0, 0.05) is 55.8 Å². The van der Waals surface area contributed by atoms with E-state index in [1.165, 1.54) is 10.3 Å². The van der Waals surface area contributed by atoms with Gasteiger partial charge < -0.3 is 14.2 Å². The molecule has 0 bridgehead atoms. The number of aromatic nitrogens is 5. The fourth-order valence-corrected chi connectivity index (χ4v) is 6.33. The second-order valence-electron chi connectivity index (χ2n) is 10.7. The second kappa shape index (κ2) is 9.27. The number of epoxide rings is 1. The minimum absolute atomic E-state index is 0.0721. The predicted molar refractivity (Wildman–Crippen MR) is 139 cm³/mol. The molecule has 3 aliphatic heterocycles. The normalized spacial score (nSPS) is 25.6. The zero-order valence-electron chi connectivity index (χ0n) is 21.4. The number of anilines is 1.